The molecular weight excluding hydrogens is 143 g/mol. The summed E-state index contributed by atoms with van der Waals surface area (Å²) in [6.45, 7) is 0. The molecule has 1 aromatic carbocycles. The van der Waals surface area contributed by atoms with Gasteiger partial charge in [-0.3, -0.25) is 0 Å². The van der Waals surface area contributed by atoms with Crippen molar-refractivity contribution in [3.63, 3.8) is 0 Å². The lowest BCUT2D eigenvalue weighted by Crippen LogP contribution is -2.05. The first-order chi connectivity index (χ1) is 5.29. The maximum Gasteiger partial charge on any atom is 0.332 e. The topological polar surface area (TPSA) is 24.7 Å². The lowest BCUT2D eigenvalue weighted by Gasteiger charge is -1.98. The van der Waals surface area contributed by atoms with Gasteiger partial charge in [0.1, 0.15) is 0 Å². The van der Waals surface area contributed by atoms with Crippen LogP contribution in [0, 0.1) is 0 Å². The van der Waals surface area contributed by atoms with Gasteiger partial charge in [-0.15, -0.1) is 10.2 Å². The van der Waals surface area contributed by atoms with E-state index in [4.69, 9.17) is 0 Å². The van der Waals surface area contributed by atoms with Crippen molar-refractivity contribution in [2.24, 2.45) is 10.2 Å². The standard InChI is InChI=1S/C8H7FN2/c9-8(10-11-8)6-7-4-2-1-3-5-7/h1-5H,6H2. The molecule has 0 spiro atoms. The molecule has 0 fully saturated rings. The van der Waals surface area contributed by atoms with Crippen LogP contribution in [-0.2, 0) is 6.42 Å². The van der Waals surface area contributed by atoms with E-state index in [0.717, 1.165) is 5.56 Å². The van der Waals surface area contributed by atoms with Crippen LogP contribution < -0.4 is 0 Å². The zero-order chi connectivity index (χ0) is 7.73. The van der Waals surface area contributed by atoms with Gasteiger partial charge in [0, 0.05) is 0 Å². The van der Waals surface area contributed by atoms with Gasteiger partial charge in [-0.2, -0.15) is 4.39 Å². The quantitative estimate of drug-likeness (QED) is 0.578. The second-order valence-corrected chi connectivity index (χ2v) is 2.58. The first-order valence-corrected chi connectivity index (χ1v) is 3.45. The summed E-state index contributed by atoms with van der Waals surface area (Å²) in [6.07, 6.45) is 0.272. The third-order valence-corrected chi connectivity index (χ3v) is 1.59. The summed E-state index contributed by atoms with van der Waals surface area (Å²) in [7, 11) is 0. The van der Waals surface area contributed by atoms with Crippen molar-refractivity contribution in [2.75, 3.05) is 0 Å². The summed E-state index contributed by atoms with van der Waals surface area (Å²) in [4.78, 5) is 0. The zero-order valence-electron chi connectivity index (χ0n) is 5.87. The van der Waals surface area contributed by atoms with Gasteiger partial charge in [0.2, 0.25) is 0 Å². The summed E-state index contributed by atoms with van der Waals surface area (Å²) in [6, 6.07) is 9.38. The predicted molar refractivity (Wildman–Crippen MR) is 38.8 cm³/mol. The molecule has 0 aliphatic carbocycles. The van der Waals surface area contributed by atoms with E-state index in [-0.39, 0.29) is 6.42 Å². The maximum atomic E-state index is 12.9. The average molecular weight is 150 g/mol. The SMILES string of the molecule is FC1(Cc2ccccc2)N=N1. The Hall–Kier alpha value is -1.25. The minimum atomic E-state index is -1.60. The monoisotopic (exact) mass is 150 g/mol. The van der Waals surface area contributed by atoms with Crippen molar-refractivity contribution in [1.29, 1.82) is 0 Å². The lowest BCUT2D eigenvalue weighted by atomic mass is 10.1. The summed E-state index contributed by atoms with van der Waals surface area (Å²) in [5.41, 5.74) is 0.931. The Morgan fingerprint density at radius 3 is 2.36 bits per heavy atom. The number of halogens is 1. The second kappa shape index (κ2) is 2.12. The molecule has 1 aliphatic rings. The van der Waals surface area contributed by atoms with Gasteiger partial charge in [-0.1, -0.05) is 30.3 Å². The minimum absolute atomic E-state index is 0.272. The molecule has 0 atom stereocenters. The fourth-order valence-corrected chi connectivity index (χ4v) is 0.981. The maximum absolute atomic E-state index is 12.9. The van der Waals surface area contributed by atoms with Gasteiger partial charge >= 0.3 is 5.92 Å². The summed E-state index contributed by atoms with van der Waals surface area (Å²) in [5, 5.41) is 6.58. The second-order valence-electron chi connectivity index (χ2n) is 2.58. The largest absolute Gasteiger partial charge is 0.332 e. The van der Waals surface area contributed by atoms with Gasteiger partial charge in [-0.25, -0.2) is 0 Å². The highest BCUT2D eigenvalue weighted by Gasteiger charge is 2.39. The van der Waals surface area contributed by atoms with Crippen LogP contribution in [0.15, 0.2) is 40.6 Å². The van der Waals surface area contributed by atoms with Crippen molar-refractivity contribution in [1.82, 2.24) is 0 Å². The van der Waals surface area contributed by atoms with E-state index in [9.17, 15) is 4.39 Å². The van der Waals surface area contributed by atoms with E-state index in [0.29, 0.717) is 0 Å². The first kappa shape index (κ1) is 6.46. The molecule has 0 bridgehead atoms. The summed E-state index contributed by atoms with van der Waals surface area (Å²) in [5.74, 6) is -1.60. The number of benzene rings is 1. The van der Waals surface area contributed by atoms with Crippen molar-refractivity contribution in [3.8, 4) is 0 Å². The summed E-state index contributed by atoms with van der Waals surface area (Å²) >= 11 is 0. The summed E-state index contributed by atoms with van der Waals surface area (Å²) < 4.78 is 12.9. The molecule has 2 rings (SSSR count). The van der Waals surface area contributed by atoms with E-state index >= 15 is 0 Å². The molecule has 1 aromatic rings. The Bertz CT molecular complexity index is 275. The number of hydrogen-bond donors (Lipinski definition) is 0. The number of alkyl halides is 1. The van der Waals surface area contributed by atoms with Crippen molar-refractivity contribution in [3.05, 3.63) is 35.9 Å². The Morgan fingerprint density at radius 1 is 1.18 bits per heavy atom. The van der Waals surface area contributed by atoms with Crippen molar-refractivity contribution < 1.29 is 4.39 Å². The van der Waals surface area contributed by atoms with Crippen LogP contribution in [0.4, 0.5) is 4.39 Å². The smallest absolute Gasteiger partial charge is 0.187 e. The number of nitrogens with zero attached hydrogens (tertiary/aromatic N) is 2. The van der Waals surface area contributed by atoms with E-state index in [1.807, 2.05) is 30.3 Å². The molecule has 0 unspecified atom stereocenters. The molecule has 0 N–H and O–H groups in total. The van der Waals surface area contributed by atoms with Gasteiger partial charge in [0.05, 0.1) is 6.42 Å². The van der Waals surface area contributed by atoms with Crippen LogP contribution in [0.25, 0.3) is 0 Å². The molecule has 56 valence electrons. The van der Waals surface area contributed by atoms with Crippen LogP contribution in [-0.4, -0.2) is 5.92 Å². The molecule has 1 aliphatic heterocycles. The van der Waals surface area contributed by atoms with Crippen LogP contribution in [0.2, 0.25) is 0 Å². The molecule has 2 nitrogen and oxygen atoms in total. The minimum Gasteiger partial charge on any atom is -0.187 e. The molecule has 0 amide bonds. The number of hydrogen-bond acceptors (Lipinski definition) is 2. The lowest BCUT2D eigenvalue weighted by molar-refractivity contribution is 0.281. The average Bonchev–Trinajstić information content (AvgIpc) is 2.70. The fraction of sp³-hybridized carbons (Fsp3) is 0.250. The van der Waals surface area contributed by atoms with Gasteiger partial charge < -0.3 is 0 Å². The van der Waals surface area contributed by atoms with Crippen LogP contribution >= 0.6 is 0 Å². The van der Waals surface area contributed by atoms with Gasteiger partial charge in [0.15, 0.2) is 0 Å². The molecule has 0 saturated carbocycles. The Morgan fingerprint density at radius 2 is 1.82 bits per heavy atom. The first-order valence-electron chi connectivity index (χ1n) is 3.45. The van der Waals surface area contributed by atoms with Crippen molar-refractivity contribution in [2.45, 2.75) is 12.3 Å². The van der Waals surface area contributed by atoms with Crippen LogP contribution in [0.1, 0.15) is 5.56 Å². The van der Waals surface area contributed by atoms with E-state index in [1.54, 1.807) is 0 Å². The van der Waals surface area contributed by atoms with Crippen LogP contribution in [0.5, 0.6) is 0 Å². The van der Waals surface area contributed by atoms with Crippen LogP contribution in [0.3, 0.4) is 0 Å². The number of rotatable bonds is 2. The molecule has 0 aromatic heterocycles. The molecule has 0 radical (unpaired) electrons. The molecule has 3 heteroatoms. The van der Waals surface area contributed by atoms with Gasteiger partial charge in [0.25, 0.3) is 0 Å². The molecular formula is C8H7FN2. The third-order valence-electron chi connectivity index (χ3n) is 1.59. The highest BCUT2D eigenvalue weighted by atomic mass is 19.2. The van der Waals surface area contributed by atoms with Gasteiger partial charge in [-0.05, 0) is 5.56 Å². The highest BCUT2D eigenvalue weighted by Crippen LogP contribution is 2.32. The zero-order valence-corrected chi connectivity index (χ0v) is 5.87. The molecule has 11 heavy (non-hydrogen) atoms. The molecule has 1 heterocycles. The fourth-order valence-electron chi connectivity index (χ4n) is 0.981. The van der Waals surface area contributed by atoms with E-state index in [2.05, 4.69) is 10.2 Å². The Labute approximate surface area is 63.8 Å². The normalized spacial score (nSPS) is 18.3. The Kier molecular flexibility index (Phi) is 1.24. The molecule has 0 saturated heterocycles. The van der Waals surface area contributed by atoms with E-state index < -0.39 is 5.92 Å². The third kappa shape index (κ3) is 1.42. The predicted octanol–water partition coefficient (Wildman–Crippen LogP) is 2.32. The Balaban J connectivity index is 2.08. The van der Waals surface area contributed by atoms with Crippen molar-refractivity contribution >= 4 is 0 Å². The highest BCUT2D eigenvalue weighted by molar-refractivity contribution is 5.17. The van der Waals surface area contributed by atoms with E-state index in [1.165, 1.54) is 0 Å².